The maximum atomic E-state index is 2.79. The molecule has 1 unspecified atom stereocenters. The molecule has 3 fully saturated rings. The number of piperazine rings is 1. The number of piperidine rings is 1. The quantitative estimate of drug-likeness (QED) is 0.743. The average molecular weight is 236 g/mol. The van der Waals surface area contributed by atoms with Crippen molar-refractivity contribution in [2.24, 2.45) is 5.41 Å². The number of hydrogen-bond donors (Lipinski definition) is 0. The Balaban J connectivity index is 1.55. The SMILES string of the molecule is CCC1(CN2CCN3CCCCC3C2)CCC1. The fourth-order valence-electron chi connectivity index (χ4n) is 4.14. The molecular formula is C15H28N2. The van der Waals surface area contributed by atoms with Gasteiger partial charge in [-0.2, -0.15) is 0 Å². The summed E-state index contributed by atoms with van der Waals surface area (Å²) in [6.45, 7) is 9.20. The summed E-state index contributed by atoms with van der Waals surface area (Å²) in [4.78, 5) is 5.54. The normalized spacial score (nSPS) is 34.1. The standard InChI is InChI=1S/C15H28N2/c1-2-15(7-5-8-15)13-16-10-11-17-9-4-3-6-14(17)12-16/h14H,2-13H2,1H3. The largest absolute Gasteiger partial charge is 0.300 e. The second kappa shape index (κ2) is 4.89. The monoisotopic (exact) mass is 236 g/mol. The molecule has 0 spiro atoms. The third-order valence-electron chi connectivity index (χ3n) is 5.64. The molecule has 1 saturated carbocycles. The Labute approximate surface area is 106 Å². The summed E-state index contributed by atoms with van der Waals surface area (Å²) < 4.78 is 0. The molecule has 0 N–H and O–H groups in total. The van der Waals surface area contributed by atoms with Crippen LogP contribution in [0.2, 0.25) is 0 Å². The molecule has 2 aliphatic heterocycles. The molecule has 98 valence electrons. The van der Waals surface area contributed by atoms with E-state index in [1.807, 2.05) is 0 Å². The van der Waals surface area contributed by atoms with Gasteiger partial charge >= 0.3 is 0 Å². The summed E-state index contributed by atoms with van der Waals surface area (Å²) in [5.74, 6) is 0. The molecule has 2 heteroatoms. The molecule has 0 radical (unpaired) electrons. The molecule has 0 amide bonds. The van der Waals surface area contributed by atoms with Gasteiger partial charge in [0, 0.05) is 32.2 Å². The van der Waals surface area contributed by atoms with E-state index in [-0.39, 0.29) is 0 Å². The molecule has 0 bridgehead atoms. The molecule has 1 aliphatic carbocycles. The van der Waals surface area contributed by atoms with Crippen molar-refractivity contribution in [3.8, 4) is 0 Å². The smallest absolute Gasteiger partial charge is 0.0223 e. The molecular weight excluding hydrogens is 208 g/mol. The van der Waals surface area contributed by atoms with Gasteiger partial charge in [0.2, 0.25) is 0 Å². The van der Waals surface area contributed by atoms with Crippen molar-refractivity contribution in [1.29, 1.82) is 0 Å². The van der Waals surface area contributed by atoms with Crippen molar-refractivity contribution in [3.63, 3.8) is 0 Å². The van der Waals surface area contributed by atoms with Gasteiger partial charge in [0.05, 0.1) is 0 Å². The lowest BCUT2D eigenvalue weighted by Gasteiger charge is -2.49. The van der Waals surface area contributed by atoms with Crippen molar-refractivity contribution in [2.45, 2.75) is 57.9 Å². The highest BCUT2D eigenvalue weighted by molar-refractivity contribution is 4.92. The molecule has 3 rings (SSSR count). The zero-order valence-electron chi connectivity index (χ0n) is 11.5. The van der Waals surface area contributed by atoms with Crippen LogP contribution in [0.5, 0.6) is 0 Å². The zero-order valence-corrected chi connectivity index (χ0v) is 11.5. The van der Waals surface area contributed by atoms with Gasteiger partial charge in [0.15, 0.2) is 0 Å². The topological polar surface area (TPSA) is 6.48 Å². The summed E-state index contributed by atoms with van der Waals surface area (Å²) in [5, 5.41) is 0. The van der Waals surface area contributed by atoms with Crippen LogP contribution in [0.15, 0.2) is 0 Å². The van der Waals surface area contributed by atoms with E-state index < -0.39 is 0 Å². The molecule has 3 aliphatic rings. The maximum Gasteiger partial charge on any atom is 0.0223 e. The first-order valence-electron chi connectivity index (χ1n) is 7.78. The predicted molar refractivity (Wildman–Crippen MR) is 72.2 cm³/mol. The summed E-state index contributed by atoms with van der Waals surface area (Å²) >= 11 is 0. The highest BCUT2D eigenvalue weighted by atomic mass is 15.3. The molecule has 2 saturated heterocycles. The highest BCUT2D eigenvalue weighted by Crippen LogP contribution is 2.44. The van der Waals surface area contributed by atoms with E-state index in [2.05, 4.69) is 16.7 Å². The lowest BCUT2D eigenvalue weighted by Crippen LogP contribution is -2.57. The van der Waals surface area contributed by atoms with Crippen LogP contribution in [0.4, 0.5) is 0 Å². The first-order valence-corrected chi connectivity index (χ1v) is 7.78. The van der Waals surface area contributed by atoms with Gasteiger partial charge in [0.1, 0.15) is 0 Å². The summed E-state index contributed by atoms with van der Waals surface area (Å²) in [6.07, 6.45) is 10.2. The van der Waals surface area contributed by atoms with Crippen molar-refractivity contribution in [2.75, 3.05) is 32.7 Å². The van der Waals surface area contributed by atoms with Gasteiger partial charge in [0.25, 0.3) is 0 Å². The Morgan fingerprint density at radius 1 is 1.06 bits per heavy atom. The van der Waals surface area contributed by atoms with Gasteiger partial charge in [-0.25, -0.2) is 0 Å². The van der Waals surface area contributed by atoms with E-state index in [0.29, 0.717) is 0 Å². The molecule has 2 nitrogen and oxygen atoms in total. The molecule has 1 atom stereocenters. The van der Waals surface area contributed by atoms with E-state index >= 15 is 0 Å². The van der Waals surface area contributed by atoms with Crippen molar-refractivity contribution in [3.05, 3.63) is 0 Å². The minimum Gasteiger partial charge on any atom is -0.300 e. The van der Waals surface area contributed by atoms with E-state index in [1.54, 1.807) is 0 Å². The number of fused-ring (bicyclic) bond motifs is 1. The van der Waals surface area contributed by atoms with Crippen LogP contribution in [-0.4, -0.2) is 48.6 Å². The van der Waals surface area contributed by atoms with E-state index in [0.717, 1.165) is 11.5 Å². The van der Waals surface area contributed by atoms with Crippen molar-refractivity contribution in [1.82, 2.24) is 9.80 Å². The third kappa shape index (κ3) is 2.39. The number of nitrogens with zero attached hydrogens (tertiary/aromatic N) is 2. The van der Waals surface area contributed by atoms with Crippen LogP contribution in [0.25, 0.3) is 0 Å². The van der Waals surface area contributed by atoms with Crippen molar-refractivity contribution < 1.29 is 0 Å². The number of hydrogen-bond acceptors (Lipinski definition) is 2. The van der Waals surface area contributed by atoms with E-state index in [4.69, 9.17) is 0 Å². The van der Waals surface area contributed by atoms with Crippen LogP contribution in [0, 0.1) is 5.41 Å². The third-order valence-corrected chi connectivity index (χ3v) is 5.64. The Kier molecular flexibility index (Phi) is 3.45. The van der Waals surface area contributed by atoms with Crippen LogP contribution in [-0.2, 0) is 0 Å². The molecule has 17 heavy (non-hydrogen) atoms. The molecule has 0 aromatic carbocycles. The van der Waals surface area contributed by atoms with Gasteiger partial charge in [-0.3, -0.25) is 9.80 Å². The predicted octanol–water partition coefficient (Wildman–Crippen LogP) is 2.74. The van der Waals surface area contributed by atoms with Gasteiger partial charge < -0.3 is 0 Å². The number of rotatable bonds is 3. The molecule has 0 aromatic heterocycles. The lowest BCUT2D eigenvalue weighted by molar-refractivity contribution is 0.000505. The zero-order chi connectivity index (χ0) is 11.7. The Hall–Kier alpha value is -0.0800. The minimum absolute atomic E-state index is 0.719. The van der Waals surface area contributed by atoms with Gasteiger partial charge in [-0.1, -0.05) is 19.8 Å². The van der Waals surface area contributed by atoms with E-state index in [1.165, 1.54) is 77.7 Å². The Bertz CT molecular complexity index is 254. The van der Waals surface area contributed by atoms with E-state index in [9.17, 15) is 0 Å². The van der Waals surface area contributed by atoms with Crippen molar-refractivity contribution >= 4 is 0 Å². The molecule has 2 heterocycles. The summed E-state index contributed by atoms with van der Waals surface area (Å²) in [6, 6.07) is 0.895. The van der Waals surface area contributed by atoms with Crippen LogP contribution in [0.3, 0.4) is 0 Å². The molecule has 0 aromatic rings. The first kappa shape index (κ1) is 12.0. The Morgan fingerprint density at radius 2 is 1.94 bits per heavy atom. The minimum atomic E-state index is 0.719. The van der Waals surface area contributed by atoms with Gasteiger partial charge in [-0.05, 0) is 44.1 Å². The van der Waals surface area contributed by atoms with Crippen LogP contribution >= 0.6 is 0 Å². The van der Waals surface area contributed by atoms with Crippen LogP contribution < -0.4 is 0 Å². The highest BCUT2D eigenvalue weighted by Gasteiger charge is 2.38. The second-order valence-corrected chi connectivity index (χ2v) is 6.63. The summed E-state index contributed by atoms with van der Waals surface area (Å²) in [5.41, 5.74) is 0.719. The maximum absolute atomic E-state index is 2.79. The second-order valence-electron chi connectivity index (χ2n) is 6.63. The average Bonchev–Trinajstić information content (AvgIpc) is 2.34. The first-order chi connectivity index (χ1) is 8.31. The van der Waals surface area contributed by atoms with Gasteiger partial charge in [-0.15, -0.1) is 0 Å². The Morgan fingerprint density at radius 3 is 2.65 bits per heavy atom. The lowest BCUT2D eigenvalue weighted by atomic mass is 9.66. The van der Waals surface area contributed by atoms with Crippen LogP contribution in [0.1, 0.15) is 51.9 Å². The fraction of sp³-hybridized carbons (Fsp3) is 1.00. The summed E-state index contributed by atoms with van der Waals surface area (Å²) in [7, 11) is 0. The fourth-order valence-corrected chi connectivity index (χ4v) is 4.14.